The zero-order chi connectivity index (χ0) is 15.5. The van der Waals surface area contributed by atoms with Gasteiger partial charge in [0.25, 0.3) is 0 Å². The number of hydrogen-bond acceptors (Lipinski definition) is 4. The molecule has 0 fully saturated rings. The molecule has 0 radical (unpaired) electrons. The first-order valence-corrected chi connectivity index (χ1v) is 6.56. The Morgan fingerprint density at radius 3 is 2.67 bits per heavy atom. The maximum atomic E-state index is 11.8. The van der Waals surface area contributed by atoms with E-state index in [1.807, 2.05) is 26.8 Å². The van der Waals surface area contributed by atoms with E-state index in [0.717, 1.165) is 11.3 Å². The molecule has 0 spiro atoms. The molecule has 0 aliphatic carbocycles. The summed E-state index contributed by atoms with van der Waals surface area (Å²) in [6.07, 6.45) is 2.80. The van der Waals surface area contributed by atoms with E-state index in [4.69, 9.17) is 9.47 Å². The lowest BCUT2D eigenvalue weighted by Crippen LogP contribution is -2.27. The van der Waals surface area contributed by atoms with Crippen LogP contribution in [0.4, 0.5) is 10.5 Å². The molecule has 112 valence electrons. The fraction of sp³-hybridized carbons (Fsp3) is 0.333. The van der Waals surface area contributed by atoms with Gasteiger partial charge in [-0.3, -0.25) is 5.32 Å². The van der Waals surface area contributed by atoms with Crippen LogP contribution in [-0.2, 0) is 4.74 Å². The molecular formula is C15H19N3O3. The first kappa shape index (κ1) is 14.9. The van der Waals surface area contributed by atoms with Crippen molar-refractivity contribution >= 4 is 11.8 Å². The first-order chi connectivity index (χ1) is 9.89. The number of hydrogen-bond donors (Lipinski definition) is 2. The Morgan fingerprint density at radius 1 is 1.33 bits per heavy atom. The van der Waals surface area contributed by atoms with E-state index in [9.17, 15) is 4.79 Å². The average molecular weight is 289 g/mol. The molecule has 1 amide bonds. The van der Waals surface area contributed by atoms with Crippen LogP contribution in [0, 0.1) is 0 Å². The number of aromatic amines is 1. The molecule has 6 heteroatoms. The zero-order valence-electron chi connectivity index (χ0n) is 12.6. The van der Waals surface area contributed by atoms with E-state index in [-0.39, 0.29) is 0 Å². The van der Waals surface area contributed by atoms with Gasteiger partial charge in [0.1, 0.15) is 11.4 Å². The van der Waals surface area contributed by atoms with Gasteiger partial charge >= 0.3 is 6.09 Å². The van der Waals surface area contributed by atoms with Crippen molar-refractivity contribution in [2.24, 2.45) is 0 Å². The van der Waals surface area contributed by atoms with Gasteiger partial charge in [0, 0.05) is 17.3 Å². The molecule has 0 atom stereocenters. The molecule has 21 heavy (non-hydrogen) atoms. The second-order valence-corrected chi connectivity index (χ2v) is 5.51. The molecule has 0 saturated heterocycles. The van der Waals surface area contributed by atoms with Crippen LogP contribution in [0.3, 0.4) is 0 Å². The number of carbonyl (C=O) groups is 1. The fourth-order valence-corrected chi connectivity index (χ4v) is 1.82. The van der Waals surface area contributed by atoms with Gasteiger partial charge in [-0.05, 0) is 32.9 Å². The van der Waals surface area contributed by atoms with Crippen molar-refractivity contribution in [2.45, 2.75) is 26.4 Å². The summed E-state index contributed by atoms with van der Waals surface area (Å²) in [5, 5.41) is 2.68. The summed E-state index contributed by atoms with van der Waals surface area (Å²) in [7, 11) is 1.58. The molecule has 1 heterocycles. The molecular weight excluding hydrogens is 270 g/mol. The van der Waals surface area contributed by atoms with Gasteiger partial charge in [0.05, 0.1) is 25.3 Å². The normalized spacial score (nSPS) is 11.0. The number of nitrogens with zero attached hydrogens (tertiary/aromatic N) is 1. The fourth-order valence-electron chi connectivity index (χ4n) is 1.82. The molecule has 0 aliphatic heterocycles. The number of amides is 1. The van der Waals surface area contributed by atoms with Gasteiger partial charge in [-0.1, -0.05) is 0 Å². The predicted molar refractivity (Wildman–Crippen MR) is 80.4 cm³/mol. The van der Waals surface area contributed by atoms with E-state index < -0.39 is 11.7 Å². The molecule has 2 N–H and O–H groups in total. The van der Waals surface area contributed by atoms with Crippen molar-refractivity contribution < 1.29 is 14.3 Å². The maximum Gasteiger partial charge on any atom is 0.412 e. The Hall–Kier alpha value is -2.50. The van der Waals surface area contributed by atoms with Crippen LogP contribution in [0.5, 0.6) is 5.75 Å². The van der Waals surface area contributed by atoms with Crippen LogP contribution < -0.4 is 10.1 Å². The number of methoxy groups -OCH3 is 1. The number of imidazole rings is 1. The highest BCUT2D eigenvalue weighted by Crippen LogP contribution is 2.31. The van der Waals surface area contributed by atoms with Crippen LogP contribution >= 0.6 is 0 Å². The summed E-state index contributed by atoms with van der Waals surface area (Å²) < 4.78 is 10.6. The molecule has 1 aromatic heterocycles. The van der Waals surface area contributed by atoms with E-state index in [0.29, 0.717) is 11.4 Å². The van der Waals surface area contributed by atoms with E-state index in [2.05, 4.69) is 15.3 Å². The van der Waals surface area contributed by atoms with Crippen molar-refractivity contribution in [1.29, 1.82) is 0 Å². The van der Waals surface area contributed by atoms with Crippen LogP contribution in [-0.4, -0.2) is 28.8 Å². The summed E-state index contributed by atoms with van der Waals surface area (Å²) in [5.74, 6) is 0.632. The topological polar surface area (TPSA) is 76.2 Å². The lowest BCUT2D eigenvalue weighted by Gasteiger charge is -2.20. The standard InChI is InChI=1S/C15H19N3O3/c1-15(2,3)21-14(19)18-10-5-6-11(13(7-10)20-4)12-8-16-9-17-12/h5-9H,1-4H3,(H,16,17)(H,18,19). The van der Waals surface area contributed by atoms with Crippen LogP contribution in [0.2, 0.25) is 0 Å². The smallest absolute Gasteiger partial charge is 0.412 e. The van der Waals surface area contributed by atoms with Crippen molar-refractivity contribution in [1.82, 2.24) is 9.97 Å². The van der Waals surface area contributed by atoms with Gasteiger partial charge in [-0.25, -0.2) is 9.78 Å². The van der Waals surface area contributed by atoms with Crippen molar-refractivity contribution in [3.8, 4) is 17.0 Å². The highest BCUT2D eigenvalue weighted by molar-refractivity contribution is 5.86. The minimum absolute atomic E-state index is 0.501. The summed E-state index contributed by atoms with van der Waals surface area (Å²) in [6, 6.07) is 5.36. The second kappa shape index (κ2) is 5.87. The zero-order valence-corrected chi connectivity index (χ0v) is 12.6. The van der Waals surface area contributed by atoms with Gasteiger partial charge < -0.3 is 14.5 Å². The van der Waals surface area contributed by atoms with Gasteiger partial charge in [-0.2, -0.15) is 0 Å². The average Bonchev–Trinajstić information content (AvgIpc) is 2.89. The van der Waals surface area contributed by atoms with E-state index in [1.165, 1.54) is 0 Å². The minimum Gasteiger partial charge on any atom is -0.496 e. The Labute approximate surface area is 123 Å². The molecule has 0 aliphatic rings. The Kier molecular flexibility index (Phi) is 4.16. The molecule has 0 saturated carbocycles. The Balaban J connectivity index is 2.18. The second-order valence-electron chi connectivity index (χ2n) is 5.51. The first-order valence-electron chi connectivity index (χ1n) is 6.56. The quantitative estimate of drug-likeness (QED) is 0.907. The molecule has 2 rings (SSSR count). The molecule has 6 nitrogen and oxygen atoms in total. The number of rotatable bonds is 3. The third-order valence-corrected chi connectivity index (χ3v) is 2.64. The van der Waals surface area contributed by atoms with Gasteiger partial charge in [-0.15, -0.1) is 0 Å². The maximum absolute atomic E-state index is 11.8. The lowest BCUT2D eigenvalue weighted by molar-refractivity contribution is 0.0636. The van der Waals surface area contributed by atoms with Crippen molar-refractivity contribution in [3.63, 3.8) is 0 Å². The summed E-state index contributed by atoms with van der Waals surface area (Å²) in [4.78, 5) is 18.8. The number of carbonyl (C=O) groups excluding carboxylic acids is 1. The van der Waals surface area contributed by atoms with Crippen LogP contribution in [0.15, 0.2) is 30.7 Å². The van der Waals surface area contributed by atoms with Gasteiger partial charge in [0.2, 0.25) is 0 Å². The number of ether oxygens (including phenoxy) is 2. The Morgan fingerprint density at radius 2 is 2.10 bits per heavy atom. The van der Waals surface area contributed by atoms with Crippen molar-refractivity contribution in [3.05, 3.63) is 30.7 Å². The highest BCUT2D eigenvalue weighted by Gasteiger charge is 2.17. The molecule has 0 unspecified atom stereocenters. The van der Waals surface area contributed by atoms with E-state index >= 15 is 0 Å². The third kappa shape index (κ3) is 3.98. The number of aromatic nitrogens is 2. The summed E-state index contributed by atoms with van der Waals surface area (Å²) >= 11 is 0. The number of H-pyrrole nitrogens is 1. The highest BCUT2D eigenvalue weighted by atomic mass is 16.6. The monoisotopic (exact) mass is 289 g/mol. The third-order valence-electron chi connectivity index (χ3n) is 2.64. The van der Waals surface area contributed by atoms with Crippen LogP contribution in [0.1, 0.15) is 20.8 Å². The molecule has 0 bridgehead atoms. The number of nitrogens with one attached hydrogen (secondary N) is 2. The lowest BCUT2D eigenvalue weighted by atomic mass is 10.1. The summed E-state index contributed by atoms with van der Waals surface area (Å²) in [6.45, 7) is 5.44. The van der Waals surface area contributed by atoms with E-state index in [1.54, 1.807) is 31.8 Å². The predicted octanol–water partition coefficient (Wildman–Crippen LogP) is 3.43. The Bertz CT molecular complexity index is 616. The molecule has 2 aromatic rings. The summed E-state index contributed by atoms with van der Waals surface area (Å²) in [5.41, 5.74) is 1.77. The number of benzene rings is 1. The SMILES string of the molecule is COc1cc(NC(=O)OC(C)(C)C)ccc1-c1cnc[nH]1. The minimum atomic E-state index is -0.538. The van der Waals surface area contributed by atoms with Crippen molar-refractivity contribution in [2.75, 3.05) is 12.4 Å². The number of anilines is 1. The largest absolute Gasteiger partial charge is 0.496 e. The van der Waals surface area contributed by atoms with Gasteiger partial charge in [0.15, 0.2) is 0 Å². The van der Waals surface area contributed by atoms with Crippen LogP contribution in [0.25, 0.3) is 11.3 Å². The molecule has 1 aromatic carbocycles.